The lowest BCUT2D eigenvalue weighted by Gasteiger charge is -2.31. The van der Waals surface area contributed by atoms with Crippen molar-refractivity contribution in [1.29, 1.82) is 0 Å². The van der Waals surface area contributed by atoms with Crippen molar-refractivity contribution in [3.8, 4) is 11.8 Å². The minimum absolute atomic E-state index is 0.0377. The number of hydrogen-bond donors (Lipinski definition) is 0. The van der Waals surface area contributed by atoms with Gasteiger partial charge < -0.3 is 19.2 Å². The molecule has 0 radical (unpaired) electrons. The third-order valence-electron chi connectivity index (χ3n) is 4.71. The molecule has 168 valence electrons. The fourth-order valence-electron chi connectivity index (χ4n) is 2.94. The molecule has 8 nitrogen and oxygen atoms in total. The lowest BCUT2D eigenvalue weighted by atomic mass is 10.1. The summed E-state index contributed by atoms with van der Waals surface area (Å²) < 4.78 is 12.4. The Bertz CT molecular complexity index is 926. The molecule has 31 heavy (non-hydrogen) atoms. The molecule has 1 fully saturated rings. The number of likely N-dealkylation sites (tertiary alicyclic amines) is 1. The van der Waals surface area contributed by atoms with E-state index in [1.165, 1.54) is 6.33 Å². The number of aromatic nitrogens is 2. The van der Waals surface area contributed by atoms with Gasteiger partial charge in [-0.1, -0.05) is 19.0 Å². The molecular formula is C21H27BrN4O4S. The van der Waals surface area contributed by atoms with E-state index in [9.17, 15) is 4.79 Å². The zero-order chi connectivity index (χ0) is 22.4. The fourth-order valence-corrected chi connectivity index (χ4v) is 4.26. The third kappa shape index (κ3) is 6.64. The Kier molecular flexibility index (Phi) is 8.25. The standard InChI is InChI=1S/C21H27BrN4O4S/c1-13(2)11-28-21(27)26-9-7-16(8-10-26)29-19-14(3)20(24-12-23-19)30-25-15(4)17-5-6-18(22)31-17/h5-6,12-13,16H,7-11H2,1-4H3/b25-15-. The van der Waals surface area contributed by atoms with Crippen molar-refractivity contribution in [1.82, 2.24) is 14.9 Å². The van der Waals surface area contributed by atoms with Gasteiger partial charge in [0.2, 0.25) is 5.88 Å². The van der Waals surface area contributed by atoms with E-state index in [0.29, 0.717) is 55.8 Å². The molecule has 3 rings (SSSR count). The summed E-state index contributed by atoms with van der Waals surface area (Å²) >= 11 is 5.03. The van der Waals surface area contributed by atoms with Crippen molar-refractivity contribution < 1.29 is 19.1 Å². The average Bonchev–Trinajstić information content (AvgIpc) is 3.19. The molecular weight excluding hydrogens is 484 g/mol. The number of hydrogen-bond acceptors (Lipinski definition) is 8. The first-order valence-corrected chi connectivity index (χ1v) is 11.8. The molecule has 1 amide bonds. The van der Waals surface area contributed by atoms with Gasteiger partial charge in [0.1, 0.15) is 12.4 Å². The summed E-state index contributed by atoms with van der Waals surface area (Å²) in [5, 5.41) is 4.19. The Morgan fingerprint density at radius 2 is 2.00 bits per heavy atom. The molecule has 0 atom stereocenters. The van der Waals surface area contributed by atoms with Crippen molar-refractivity contribution in [2.24, 2.45) is 11.1 Å². The highest BCUT2D eigenvalue weighted by atomic mass is 79.9. The van der Waals surface area contributed by atoms with Gasteiger partial charge in [-0.3, -0.25) is 0 Å². The van der Waals surface area contributed by atoms with Crippen LogP contribution in [0.2, 0.25) is 0 Å². The Balaban J connectivity index is 1.55. The molecule has 1 aliphatic heterocycles. The number of ether oxygens (including phenoxy) is 2. The van der Waals surface area contributed by atoms with Gasteiger partial charge in [-0.2, -0.15) is 4.98 Å². The van der Waals surface area contributed by atoms with Crippen LogP contribution in [0.5, 0.6) is 11.8 Å². The predicted octanol–water partition coefficient (Wildman–Crippen LogP) is 5.05. The van der Waals surface area contributed by atoms with Crippen LogP contribution in [-0.4, -0.2) is 52.5 Å². The van der Waals surface area contributed by atoms with Gasteiger partial charge in [-0.05, 0) is 47.8 Å². The van der Waals surface area contributed by atoms with E-state index < -0.39 is 0 Å². The second-order valence-electron chi connectivity index (χ2n) is 7.76. The fraction of sp³-hybridized carbons (Fsp3) is 0.524. The summed E-state index contributed by atoms with van der Waals surface area (Å²) in [4.78, 5) is 28.8. The van der Waals surface area contributed by atoms with Crippen LogP contribution >= 0.6 is 27.3 Å². The number of thiophene rings is 1. The van der Waals surface area contributed by atoms with Gasteiger partial charge in [-0.25, -0.2) is 9.78 Å². The van der Waals surface area contributed by atoms with E-state index >= 15 is 0 Å². The molecule has 0 spiro atoms. The van der Waals surface area contributed by atoms with Gasteiger partial charge in [0, 0.05) is 25.9 Å². The van der Waals surface area contributed by atoms with Crippen LogP contribution < -0.4 is 9.57 Å². The summed E-state index contributed by atoms with van der Waals surface area (Å²) in [5.74, 6) is 1.15. The minimum atomic E-state index is -0.257. The molecule has 0 bridgehead atoms. The first-order valence-electron chi connectivity index (χ1n) is 10.2. The van der Waals surface area contributed by atoms with Crippen LogP contribution in [0.15, 0.2) is 27.4 Å². The highest BCUT2D eigenvalue weighted by molar-refractivity contribution is 9.11. The number of carbonyl (C=O) groups is 1. The predicted molar refractivity (Wildman–Crippen MR) is 123 cm³/mol. The average molecular weight is 511 g/mol. The smallest absolute Gasteiger partial charge is 0.409 e. The van der Waals surface area contributed by atoms with Gasteiger partial charge in [-0.15, -0.1) is 11.3 Å². The number of amides is 1. The SMILES string of the molecule is C/C(=N/Oc1ncnc(OC2CCN(C(=O)OCC(C)C)CC2)c1C)c1ccc(Br)s1. The van der Waals surface area contributed by atoms with Crippen molar-refractivity contribution in [3.63, 3.8) is 0 Å². The lowest BCUT2D eigenvalue weighted by molar-refractivity contribution is 0.0602. The highest BCUT2D eigenvalue weighted by Gasteiger charge is 2.26. The number of piperidine rings is 1. The van der Waals surface area contributed by atoms with Crippen LogP contribution in [-0.2, 0) is 4.74 Å². The van der Waals surface area contributed by atoms with Crippen LogP contribution in [0.25, 0.3) is 0 Å². The van der Waals surface area contributed by atoms with Crippen LogP contribution in [0.3, 0.4) is 0 Å². The zero-order valence-corrected chi connectivity index (χ0v) is 20.5. The molecule has 0 aliphatic carbocycles. The maximum Gasteiger partial charge on any atom is 0.409 e. The summed E-state index contributed by atoms with van der Waals surface area (Å²) in [6.45, 7) is 9.38. The molecule has 0 saturated carbocycles. The Morgan fingerprint density at radius 1 is 1.29 bits per heavy atom. The maximum absolute atomic E-state index is 12.1. The molecule has 2 aromatic rings. The topological polar surface area (TPSA) is 86.1 Å². The van der Waals surface area contributed by atoms with Crippen molar-refractivity contribution in [2.75, 3.05) is 19.7 Å². The van der Waals surface area contributed by atoms with Crippen molar-refractivity contribution in [2.45, 2.75) is 46.6 Å². The first-order chi connectivity index (χ1) is 14.8. The van der Waals surface area contributed by atoms with Crippen LogP contribution in [0.4, 0.5) is 4.79 Å². The third-order valence-corrected chi connectivity index (χ3v) is 6.44. The van der Waals surface area contributed by atoms with E-state index in [1.54, 1.807) is 16.2 Å². The van der Waals surface area contributed by atoms with E-state index in [1.807, 2.05) is 39.8 Å². The summed E-state index contributed by atoms with van der Waals surface area (Å²) in [7, 11) is 0. The molecule has 10 heteroatoms. The molecule has 0 aromatic carbocycles. The Morgan fingerprint density at radius 3 is 2.65 bits per heavy atom. The van der Waals surface area contributed by atoms with Crippen LogP contribution in [0.1, 0.15) is 44.1 Å². The van der Waals surface area contributed by atoms with Gasteiger partial charge >= 0.3 is 6.09 Å². The second kappa shape index (κ2) is 10.9. The highest BCUT2D eigenvalue weighted by Crippen LogP contribution is 2.27. The monoisotopic (exact) mass is 510 g/mol. The number of nitrogens with zero attached hydrogens (tertiary/aromatic N) is 4. The van der Waals surface area contributed by atoms with E-state index in [2.05, 4.69) is 31.1 Å². The molecule has 1 saturated heterocycles. The van der Waals surface area contributed by atoms with Crippen molar-refractivity contribution >= 4 is 39.1 Å². The van der Waals surface area contributed by atoms with E-state index in [-0.39, 0.29) is 12.2 Å². The molecule has 0 N–H and O–H groups in total. The number of rotatable bonds is 7. The molecule has 2 aromatic heterocycles. The van der Waals surface area contributed by atoms with Gasteiger partial charge in [0.05, 0.1) is 26.5 Å². The largest absolute Gasteiger partial charge is 0.474 e. The first kappa shape index (κ1) is 23.5. The van der Waals surface area contributed by atoms with Gasteiger partial charge in [0.15, 0.2) is 0 Å². The molecule has 0 unspecified atom stereocenters. The Labute approximate surface area is 194 Å². The maximum atomic E-state index is 12.1. The van der Waals surface area contributed by atoms with Crippen molar-refractivity contribution in [3.05, 3.63) is 32.7 Å². The number of halogens is 1. The lowest BCUT2D eigenvalue weighted by Crippen LogP contribution is -2.42. The summed E-state index contributed by atoms with van der Waals surface area (Å²) in [5.41, 5.74) is 1.44. The number of oxime groups is 1. The molecule has 3 heterocycles. The van der Waals surface area contributed by atoms with E-state index in [0.717, 1.165) is 14.4 Å². The van der Waals surface area contributed by atoms with Gasteiger partial charge in [0.25, 0.3) is 5.88 Å². The summed E-state index contributed by atoms with van der Waals surface area (Å²) in [6.07, 6.45) is 2.53. The minimum Gasteiger partial charge on any atom is -0.474 e. The summed E-state index contributed by atoms with van der Waals surface area (Å²) in [6, 6.07) is 3.94. The zero-order valence-electron chi connectivity index (χ0n) is 18.1. The number of carbonyl (C=O) groups excluding carboxylic acids is 1. The normalized spacial score (nSPS) is 15.3. The van der Waals surface area contributed by atoms with E-state index in [4.69, 9.17) is 14.3 Å². The quantitative estimate of drug-likeness (QED) is 0.382. The second-order valence-corrected chi connectivity index (χ2v) is 10.2. The van der Waals surface area contributed by atoms with Crippen LogP contribution in [0, 0.1) is 12.8 Å². The molecule has 1 aliphatic rings. The Hall–Kier alpha value is -2.20.